The van der Waals surface area contributed by atoms with Crippen LogP contribution in [0.5, 0.6) is 0 Å². The third kappa shape index (κ3) is 2.01. The van der Waals surface area contributed by atoms with Crippen LogP contribution in [0.1, 0.15) is 22.5 Å². The average molecular weight is 285 g/mol. The highest BCUT2D eigenvalue weighted by Gasteiger charge is 2.19. The molecule has 14 heavy (non-hydrogen) atoms. The summed E-state index contributed by atoms with van der Waals surface area (Å²) in [7, 11) is 0. The molecule has 76 valence electrons. The summed E-state index contributed by atoms with van der Waals surface area (Å²) in [6, 6.07) is 0. The second kappa shape index (κ2) is 4.18. The molecule has 0 unspecified atom stereocenters. The van der Waals surface area contributed by atoms with Gasteiger partial charge in [0.05, 0.1) is 15.7 Å². The van der Waals surface area contributed by atoms with Gasteiger partial charge in [0.2, 0.25) is 0 Å². The van der Waals surface area contributed by atoms with E-state index in [4.69, 9.17) is 17.3 Å². The molecule has 0 radical (unpaired) electrons. The molecule has 0 saturated carbocycles. The number of alkyl halides is 2. The van der Waals surface area contributed by atoms with Crippen LogP contribution in [0.15, 0.2) is 10.7 Å². The summed E-state index contributed by atoms with van der Waals surface area (Å²) in [5.74, 6) is 0. The second-order valence-corrected chi connectivity index (χ2v) is 3.50. The second-order valence-electron chi connectivity index (χ2n) is 2.36. The molecular weight excluding hydrogens is 281 g/mol. The smallest absolute Gasteiger partial charge is 0.272 e. The van der Waals surface area contributed by atoms with Crippen molar-refractivity contribution >= 4 is 38.5 Å². The van der Waals surface area contributed by atoms with Crippen molar-refractivity contribution in [1.29, 1.82) is 0 Å². The van der Waals surface area contributed by atoms with Crippen molar-refractivity contribution in [3.63, 3.8) is 0 Å². The third-order valence-corrected chi connectivity index (χ3v) is 2.56. The van der Waals surface area contributed by atoms with E-state index < -0.39 is 11.7 Å². The third-order valence-electron chi connectivity index (χ3n) is 1.50. The van der Waals surface area contributed by atoms with Gasteiger partial charge >= 0.3 is 0 Å². The highest BCUT2D eigenvalue weighted by atomic mass is 79.9. The summed E-state index contributed by atoms with van der Waals surface area (Å²) < 4.78 is 24.5. The Morgan fingerprint density at radius 2 is 2.21 bits per heavy atom. The standard InChI is InChI=1S/C7H4BrClF2N2O/c8-3-2(7(10)11)1-13-5(4(3)12)6(9)14/h1,7H,12H2. The van der Waals surface area contributed by atoms with Crippen LogP contribution in [0.4, 0.5) is 14.5 Å². The van der Waals surface area contributed by atoms with Gasteiger partial charge in [-0.2, -0.15) is 0 Å². The first-order chi connectivity index (χ1) is 6.45. The molecule has 1 heterocycles. The van der Waals surface area contributed by atoms with Crippen LogP contribution < -0.4 is 5.73 Å². The van der Waals surface area contributed by atoms with Crippen molar-refractivity contribution in [3.05, 3.63) is 21.9 Å². The van der Waals surface area contributed by atoms with Crippen molar-refractivity contribution in [1.82, 2.24) is 4.98 Å². The average Bonchev–Trinajstić information content (AvgIpc) is 2.08. The quantitative estimate of drug-likeness (QED) is 0.850. The minimum Gasteiger partial charge on any atom is -0.396 e. The maximum Gasteiger partial charge on any atom is 0.272 e. The van der Waals surface area contributed by atoms with E-state index in [0.717, 1.165) is 6.20 Å². The van der Waals surface area contributed by atoms with E-state index in [0.29, 0.717) is 0 Å². The fourth-order valence-corrected chi connectivity index (χ4v) is 1.44. The number of rotatable bonds is 2. The Kier molecular flexibility index (Phi) is 3.38. The van der Waals surface area contributed by atoms with Gasteiger partial charge in [0.25, 0.3) is 11.7 Å². The van der Waals surface area contributed by atoms with Gasteiger partial charge in [0.15, 0.2) is 0 Å². The van der Waals surface area contributed by atoms with E-state index in [1.54, 1.807) is 0 Å². The van der Waals surface area contributed by atoms with Gasteiger partial charge in [-0.1, -0.05) is 0 Å². The van der Waals surface area contributed by atoms with Crippen molar-refractivity contribution in [2.45, 2.75) is 6.43 Å². The topological polar surface area (TPSA) is 56.0 Å². The number of anilines is 1. The zero-order chi connectivity index (χ0) is 10.9. The van der Waals surface area contributed by atoms with E-state index in [9.17, 15) is 13.6 Å². The molecule has 0 saturated heterocycles. The van der Waals surface area contributed by atoms with Crippen molar-refractivity contribution in [2.24, 2.45) is 0 Å². The Bertz CT molecular complexity index is 386. The van der Waals surface area contributed by atoms with E-state index in [-0.39, 0.29) is 21.4 Å². The maximum absolute atomic E-state index is 12.3. The van der Waals surface area contributed by atoms with Crippen molar-refractivity contribution < 1.29 is 13.6 Å². The molecule has 0 aliphatic rings. The summed E-state index contributed by atoms with van der Waals surface area (Å²) in [6.45, 7) is 0. The van der Waals surface area contributed by atoms with Crippen LogP contribution >= 0.6 is 27.5 Å². The number of halogens is 4. The minimum absolute atomic E-state index is 0.0495. The fourth-order valence-electron chi connectivity index (χ4n) is 0.829. The van der Waals surface area contributed by atoms with Crippen LogP contribution in [-0.4, -0.2) is 10.2 Å². The number of nitrogens with zero attached hydrogens (tertiary/aromatic N) is 1. The molecule has 0 aromatic carbocycles. The molecule has 0 amide bonds. The molecular formula is C7H4BrClF2N2O. The molecule has 0 bridgehead atoms. The molecule has 3 nitrogen and oxygen atoms in total. The summed E-state index contributed by atoms with van der Waals surface area (Å²) in [5.41, 5.74) is 4.59. The van der Waals surface area contributed by atoms with Crippen molar-refractivity contribution in [2.75, 3.05) is 5.73 Å². The summed E-state index contributed by atoms with van der Waals surface area (Å²) >= 11 is 7.97. The van der Waals surface area contributed by atoms with Crippen LogP contribution in [-0.2, 0) is 0 Å². The number of carbonyl (C=O) groups excluding carboxylic acids is 1. The molecule has 1 aromatic heterocycles. The molecule has 0 spiro atoms. The van der Waals surface area contributed by atoms with E-state index in [2.05, 4.69) is 20.9 Å². The lowest BCUT2D eigenvalue weighted by atomic mass is 10.2. The number of pyridine rings is 1. The molecule has 0 aliphatic heterocycles. The summed E-state index contributed by atoms with van der Waals surface area (Å²) in [4.78, 5) is 14.2. The highest BCUT2D eigenvalue weighted by molar-refractivity contribution is 9.10. The first-order valence-corrected chi connectivity index (χ1v) is 4.54. The largest absolute Gasteiger partial charge is 0.396 e. The fraction of sp³-hybridized carbons (Fsp3) is 0.143. The van der Waals surface area contributed by atoms with E-state index in [1.807, 2.05) is 0 Å². The number of carbonyl (C=O) groups is 1. The van der Waals surface area contributed by atoms with Gasteiger partial charge in [-0.05, 0) is 27.5 Å². The van der Waals surface area contributed by atoms with E-state index >= 15 is 0 Å². The van der Waals surface area contributed by atoms with Gasteiger partial charge in [-0.3, -0.25) is 4.79 Å². The molecule has 2 N–H and O–H groups in total. The van der Waals surface area contributed by atoms with Crippen LogP contribution in [0.3, 0.4) is 0 Å². The van der Waals surface area contributed by atoms with E-state index in [1.165, 1.54) is 0 Å². The van der Waals surface area contributed by atoms with Crippen molar-refractivity contribution in [3.8, 4) is 0 Å². The Morgan fingerprint density at radius 1 is 1.64 bits per heavy atom. The molecule has 7 heteroatoms. The maximum atomic E-state index is 12.3. The number of hydrogen-bond donors (Lipinski definition) is 1. The van der Waals surface area contributed by atoms with Gasteiger partial charge in [-0.15, -0.1) is 0 Å². The predicted octanol–water partition coefficient (Wildman–Crippen LogP) is 2.74. The first-order valence-electron chi connectivity index (χ1n) is 3.37. The van der Waals surface area contributed by atoms with Crippen LogP contribution in [0, 0.1) is 0 Å². The lowest BCUT2D eigenvalue weighted by Crippen LogP contribution is -2.04. The summed E-state index contributed by atoms with van der Waals surface area (Å²) in [6.07, 6.45) is -1.85. The first kappa shape index (κ1) is 11.3. The number of hydrogen-bond acceptors (Lipinski definition) is 3. The Hall–Kier alpha value is -0.750. The Morgan fingerprint density at radius 3 is 2.64 bits per heavy atom. The number of nitrogen functional groups attached to an aromatic ring is 1. The summed E-state index contributed by atoms with van der Waals surface area (Å²) in [5, 5.41) is -0.885. The SMILES string of the molecule is Nc1c(C(=O)Cl)ncc(C(F)F)c1Br. The molecule has 1 rings (SSSR count). The van der Waals surface area contributed by atoms with Gasteiger partial charge in [-0.25, -0.2) is 13.8 Å². The lowest BCUT2D eigenvalue weighted by molar-refractivity contribution is 0.107. The van der Waals surface area contributed by atoms with Crippen LogP contribution in [0.2, 0.25) is 0 Å². The zero-order valence-electron chi connectivity index (χ0n) is 6.60. The lowest BCUT2D eigenvalue weighted by Gasteiger charge is -2.07. The number of aromatic nitrogens is 1. The Labute approximate surface area is 91.4 Å². The predicted molar refractivity (Wildman–Crippen MR) is 51.5 cm³/mol. The minimum atomic E-state index is -2.71. The molecule has 0 aliphatic carbocycles. The Balaban J connectivity index is 3.33. The molecule has 0 fully saturated rings. The molecule has 1 aromatic rings. The highest BCUT2D eigenvalue weighted by Crippen LogP contribution is 2.32. The molecule has 0 atom stereocenters. The number of nitrogens with two attached hydrogens (primary N) is 1. The van der Waals surface area contributed by atoms with Crippen LogP contribution in [0.25, 0.3) is 0 Å². The normalized spacial score (nSPS) is 10.6. The monoisotopic (exact) mass is 284 g/mol. The van der Waals surface area contributed by atoms with Gasteiger partial charge < -0.3 is 5.73 Å². The zero-order valence-corrected chi connectivity index (χ0v) is 8.94. The van der Waals surface area contributed by atoms with Gasteiger partial charge in [0, 0.05) is 6.20 Å². The van der Waals surface area contributed by atoms with Gasteiger partial charge in [0.1, 0.15) is 5.69 Å².